The van der Waals surface area contributed by atoms with Gasteiger partial charge in [-0.05, 0) is 24.1 Å². The number of carbonyl (C=O) groups is 1. The number of primary amides is 1. The molecule has 0 radical (unpaired) electrons. The summed E-state index contributed by atoms with van der Waals surface area (Å²) in [5.41, 5.74) is 3.68. The van der Waals surface area contributed by atoms with Crippen LogP contribution in [-0.4, -0.2) is 11.0 Å². The van der Waals surface area contributed by atoms with Gasteiger partial charge >= 0.3 is 0 Å². The Kier molecular flexibility index (Phi) is 2.86. The van der Waals surface area contributed by atoms with Gasteiger partial charge in [-0.15, -0.1) is 0 Å². The predicted octanol–water partition coefficient (Wildman–Crippen LogP) is 0.909. The lowest BCUT2D eigenvalue weighted by Crippen LogP contribution is -2.40. The van der Waals surface area contributed by atoms with Crippen molar-refractivity contribution in [1.82, 2.24) is 0 Å². The zero-order chi connectivity index (χ0) is 10.8. The van der Waals surface area contributed by atoms with E-state index in [9.17, 15) is 14.3 Å². The number of carbonyl (C=O) groups excluding carboxylic acids is 1. The molecule has 1 aromatic carbocycles. The highest BCUT2D eigenvalue weighted by Gasteiger charge is 2.33. The molecule has 0 fully saturated rings. The van der Waals surface area contributed by atoms with E-state index in [-0.39, 0.29) is 6.42 Å². The average molecular weight is 197 g/mol. The van der Waals surface area contributed by atoms with E-state index in [0.717, 1.165) is 0 Å². The molecule has 3 nitrogen and oxygen atoms in total. The highest BCUT2D eigenvalue weighted by molar-refractivity contribution is 5.84. The molecule has 1 aromatic rings. The first-order valence-electron chi connectivity index (χ1n) is 4.29. The molecule has 0 saturated carbocycles. The molecule has 0 saturated heterocycles. The summed E-state index contributed by atoms with van der Waals surface area (Å²) in [7, 11) is 0. The van der Waals surface area contributed by atoms with Crippen LogP contribution in [0.1, 0.15) is 18.9 Å². The number of rotatable bonds is 3. The molecule has 1 rings (SSSR count). The van der Waals surface area contributed by atoms with Crippen LogP contribution < -0.4 is 5.73 Å². The van der Waals surface area contributed by atoms with Crippen molar-refractivity contribution in [2.45, 2.75) is 18.9 Å². The first-order chi connectivity index (χ1) is 6.50. The van der Waals surface area contributed by atoms with Crippen molar-refractivity contribution >= 4 is 5.91 Å². The predicted molar refractivity (Wildman–Crippen MR) is 49.8 cm³/mol. The molecular formula is C10H12FNO2. The van der Waals surface area contributed by atoms with E-state index in [2.05, 4.69) is 0 Å². The van der Waals surface area contributed by atoms with Crippen molar-refractivity contribution in [3.05, 3.63) is 35.6 Å². The van der Waals surface area contributed by atoms with E-state index in [1.165, 1.54) is 24.3 Å². The van der Waals surface area contributed by atoms with E-state index < -0.39 is 17.3 Å². The van der Waals surface area contributed by atoms with Crippen LogP contribution in [0.15, 0.2) is 24.3 Å². The van der Waals surface area contributed by atoms with Crippen LogP contribution in [0.2, 0.25) is 0 Å². The Morgan fingerprint density at radius 1 is 1.50 bits per heavy atom. The molecule has 3 N–H and O–H groups in total. The van der Waals surface area contributed by atoms with Gasteiger partial charge in [0.25, 0.3) is 5.91 Å². The first kappa shape index (κ1) is 10.7. The van der Waals surface area contributed by atoms with Gasteiger partial charge in [0.15, 0.2) is 5.60 Å². The van der Waals surface area contributed by atoms with Gasteiger partial charge in [-0.25, -0.2) is 4.39 Å². The number of hydrogen-bond acceptors (Lipinski definition) is 2. The minimum Gasteiger partial charge on any atom is -0.375 e. The Labute approximate surface area is 81.4 Å². The molecular weight excluding hydrogens is 185 g/mol. The molecule has 0 heterocycles. The highest BCUT2D eigenvalue weighted by Crippen LogP contribution is 2.24. The topological polar surface area (TPSA) is 63.3 Å². The lowest BCUT2D eigenvalue weighted by atomic mass is 9.90. The van der Waals surface area contributed by atoms with Crippen molar-refractivity contribution in [3.8, 4) is 0 Å². The molecule has 1 atom stereocenters. The normalized spacial score (nSPS) is 14.8. The fraction of sp³-hybridized carbons (Fsp3) is 0.300. The van der Waals surface area contributed by atoms with Crippen LogP contribution in [0.25, 0.3) is 0 Å². The average Bonchev–Trinajstić information content (AvgIpc) is 2.17. The quantitative estimate of drug-likeness (QED) is 0.756. The maximum Gasteiger partial charge on any atom is 0.254 e. The Balaban J connectivity index is 3.13. The summed E-state index contributed by atoms with van der Waals surface area (Å²) >= 11 is 0. The van der Waals surface area contributed by atoms with Crippen LogP contribution in [-0.2, 0) is 10.4 Å². The minimum atomic E-state index is -1.70. The Hall–Kier alpha value is -1.42. The molecule has 0 bridgehead atoms. The minimum absolute atomic E-state index is 0.161. The third-order valence-corrected chi connectivity index (χ3v) is 2.24. The molecule has 14 heavy (non-hydrogen) atoms. The van der Waals surface area contributed by atoms with Crippen molar-refractivity contribution in [1.29, 1.82) is 0 Å². The van der Waals surface area contributed by atoms with Gasteiger partial charge in [0, 0.05) is 0 Å². The molecule has 0 aliphatic heterocycles. The van der Waals surface area contributed by atoms with E-state index in [4.69, 9.17) is 5.73 Å². The molecule has 0 aliphatic rings. The Bertz CT molecular complexity index is 336. The lowest BCUT2D eigenvalue weighted by Gasteiger charge is -2.23. The maximum atomic E-state index is 12.6. The van der Waals surface area contributed by atoms with Crippen molar-refractivity contribution < 1.29 is 14.3 Å². The highest BCUT2D eigenvalue weighted by atomic mass is 19.1. The van der Waals surface area contributed by atoms with Gasteiger partial charge in [0.05, 0.1) is 0 Å². The fourth-order valence-corrected chi connectivity index (χ4v) is 1.25. The lowest BCUT2D eigenvalue weighted by molar-refractivity contribution is -0.137. The number of amides is 1. The van der Waals surface area contributed by atoms with E-state index in [1.807, 2.05) is 0 Å². The number of halogens is 1. The number of hydrogen-bond donors (Lipinski definition) is 2. The summed E-state index contributed by atoms with van der Waals surface area (Å²) in [5, 5.41) is 9.86. The summed E-state index contributed by atoms with van der Waals surface area (Å²) in [4.78, 5) is 11.0. The summed E-state index contributed by atoms with van der Waals surface area (Å²) in [5.74, 6) is -1.25. The second kappa shape index (κ2) is 3.75. The molecule has 0 aromatic heterocycles. The third kappa shape index (κ3) is 1.75. The van der Waals surface area contributed by atoms with Crippen molar-refractivity contribution in [2.75, 3.05) is 0 Å². The second-order valence-corrected chi connectivity index (χ2v) is 3.08. The standard InChI is InChI=1S/C10H12FNO2/c1-2-10(14,9(12)13)7-3-5-8(11)6-4-7/h3-6,14H,2H2,1H3,(H2,12,13)/t10-/m1/s1. The molecule has 76 valence electrons. The zero-order valence-corrected chi connectivity index (χ0v) is 7.83. The van der Waals surface area contributed by atoms with E-state index in [0.29, 0.717) is 5.56 Å². The maximum absolute atomic E-state index is 12.6. The monoisotopic (exact) mass is 197 g/mol. The van der Waals surface area contributed by atoms with Crippen LogP contribution in [0.3, 0.4) is 0 Å². The molecule has 4 heteroatoms. The van der Waals surface area contributed by atoms with E-state index in [1.54, 1.807) is 6.92 Å². The smallest absolute Gasteiger partial charge is 0.254 e. The zero-order valence-electron chi connectivity index (χ0n) is 7.83. The SMILES string of the molecule is CC[C@](O)(C(N)=O)c1ccc(F)cc1. The molecule has 0 aliphatic carbocycles. The van der Waals surface area contributed by atoms with Gasteiger partial charge in [-0.3, -0.25) is 4.79 Å². The van der Waals surface area contributed by atoms with E-state index >= 15 is 0 Å². The Morgan fingerprint density at radius 2 is 2.00 bits per heavy atom. The Morgan fingerprint density at radius 3 is 2.36 bits per heavy atom. The van der Waals surface area contributed by atoms with Crippen LogP contribution in [0, 0.1) is 5.82 Å². The fourth-order valence-electron chi connectivity index (χ4n) is 1.25. The van der Waals surface area contributed by atoms with Crippen LogP contribution in [0.5, 0.6) is 0 Å². The van der Waals surface area contributed by atoms with Gasteiger partial charge in [0.2, 0.25) is 0 Å². The third-order valence-electron chi connectivity index (χ3n) is 2.24. The summed E-state index contributed by atoms with van der Waals surface area (Å²) in [6.07, 6.45) is 0.161. The number of aliphatic hydroxyl groups is 1. The van der Waals surface area contributed by atoms with Gasteiger partial charge in [-0.1, -0.05) is 19.1 Å². The van der Waals surface area contributed by atoms with Gasteiger partial charge in [-0.2, -0.15) is 0 Å². The number of nitrogens with two attached hydrogens (primary N) is 1. The van der Waals surface area contributed by atoms with Crippen LogP contribution >= 0.6 is 0 Å². The summed E-state index contributed by atoms with van der Waals surface area (Å²) in [6, 6.07) is 5.06. The molecule has 1 amide bonds. The largest absolute Gasteiger partial charge is 0.375 e. The summed E-state index contributed by atoms with van der Waals surface area (Å²) in [6.45, 7) is 1.63. The molecule has 0 unspecified atom stereocenters. The number of benzene rings is 1. The molecule has 0 spiro atoms. The van der Waals surface area contributed by atoms with Crippen LogP contribution in [0.4, 0.5) is 4.39 Å². The summed E-state index contributed by atoms with van der Waals surface area (Å²) < 4.78 is 12.6. The first-order valence-corrected chi connectivity index (χ1v) is 4.29. The second-order valence-electron chi connectivity index (χ2n) is 3.08. The van der Waals surface area contributed by atoms with Gasteiger partial charge < -0.3 is 10.8 Å². The van der Waals surface area contributed by atoms with Crippen molar-refractivity contribution in [3.63, 3.8) is 0 Å². The van der Waals surface area contributed by atoms with Gasteiger partial charge in [0.1, 0.15) is 5.82 Å². The van der Waals surface area contributed by atoms with Crippen molar-refractivity contribution in [2.24, 2.45) is 5.73 Å².